The minimum Gasteiger partial charge on any atom is -0.435 e. The Bertz CT molecular complexity index is 2520. The summed E-state index contributed by atoms with van der Waals surface area (Å²) in [7, 11) is 0. The van der Waals surface area contributed by atoms with E-state index in [-0.39, 0.29) is 0 Å². The Labute approximate surface area is 279 Å². The van der Waals surface area contributed by atoms with Crippen LogP contribution in [0, 0.1) is 0 Å². The van der Waals surface area contributed by atoms with Crippen molar-refractivity contribution in [2.24, 2.45) is 0 Å². The molecule has 0 aliphatic heterocycles. The van der Waals surface area contributed by atoms with E-state index in [2.05, 4.69) is 157 Å². The van der Waals surface area contributed by atoms with Gasteiger partial charge in [0, 0.05) is 28.0 Å². The molecule has 0 saturated heterocycles. The van der Waals surface area contributed by atoms with Crippen LogP contribution in [-0.4, -0.2) is 4.98 Å². The predicted octanol–water partition coefficient (Wildman–Crippen LogP) is 12.6. The molecule has 0 saturated carbocycles. The van der Waals surface area contributed by atoms with Crippen LogP contribution in [-0.2, 0) is 0 Å². The molecule has 0 aliphatic carbocycles. The van der Waals surface area contributed by atoms with Crippen LogP contribution in [0.2, 0.25) is 0 Å². The number of benzene rings is 8. The zero-order valence-electron chi connectivity index (χ0n) is 26.1. The highest BCUT2D eigenvalue weighted by atomic mass is 16.3. The number of hydrogen-bond acceptors (Lipinski definition) is 3. The van der Waals surface area contributed by atoms with Crippen LogP contribution in [0.3, 0.4) is 0 Å². The number of para-hydroxylation sites is 1. The van der Waals surface area contributed by atoms with E-state index in [1.54, 1.807) is 0 Å². The largest absolute Gasteiger partial charge is 0.435 e. The number of hydrogen-bond donors (Lipinski definition) is 0. The van der Waals surface area contributed by atoms with Gasteiger partial charge in [-0.15, -0.1) is 0 Å². The van der Waals surface area contributed by atoms with Gasteiger partial charge >= 0.3 is 0 Å². The Hall–Kier alpha value is -6.45. The van der Waals surface area contributed by atoms with Crippen LogP contribution in [0.5, 0.6) is 0 Å². The minimum absolute atomic E-state index is 0.622. The van der Waals surface area contributed by atoms with E-state index in [4.69, 9.17) is 9.40 Å². The average Bonchev–Trinajstić information content (AvgIpc) is 3.61. The first-order valence-electron chi connectivity index (χ1n) is 16.2. The van der Waals surface area contributed by atoms with Gasteiger partial charge in [-0.25, -0.2) is 4.98 Å². The molecule has 8 aromatic carbocycles. The molecular formula is C45H30N2O. The van der Waals surface area contributed by atoms with Gasteiger partial charge in [-0.1, -0.05) is 121 Å². The Kier molecular flexibility index (Phi) is 6.80. The number of aromatic nitrogens is 1. The summed E-state index contributed by atoms with van der Waals surface area (Å²) in [6.45, 7) is 0. The van der Waals surface area contributed by atoms with E-state index >= 15 is 0 Å². The van der Waals surface area contributed by atoms with E-state index < -0.39 is 0 Å². The summed E-state index contributed by atoms with van der Waals surface area (Å²) in [6.07, 6.45) is 0. The number of anilines is 3. The van der Waals surface area contributed by atoms with Gasteiger partial charge in [0.05, 0.1) is 0 Å². The second-order valence-corrected chi connectivity index (χ2v) is 12.0. The first kappa shape index (κ1) is 27.8. The molecule has 0 radical (unpaired) electrons. The summed E-state index contributed by atoms with van der Waals surface area (Å²) in [5.74, 6) is 0.622. The molecule has 0 atom stereocenters. The molecule has 0 spiro atoms. The Morgan fingerprint density at radius 3 is 1.67 bits per heavy atom. The smallest absolute Gasteiger partial charge is 0.227 e. The molecule has 0 unspecified atom stereocenters. The van der Waals surface area contributed by atoms with Crippen molar-refractivity contribution in [3.63, 3.8) is 0 Å². The van der Waals surface area contributed by atoms with Crippen molar-refractivity contribution in [3.8, 4) is 33.7 Å². The van der Waals surface area contributed by atoms with Crippen molar-refractivity contribution in [2.75, 3.05) is 4.90 Å². The fourth-order valence-corrected chi connectivity index (χ4v) is 6.76. The van der Waals surface area contributed by atoms with Gasteiger partial charge in [0.1, 0.15) is 5.52 Å². The third-order valence-corrected chi connectivity index (χ3v) is 9.06. The SMILES string of the molecule is c1ccc(-c2ccc(N(c3ccccc3)c3ccc4cc(-c5ccccc5)c5ccc6nc(-c7ccccc7)oc6c5c4c3)cc2)cc1. The second kappa shape index (κ2) is 11.7. The Morgan fingerprint density at radius 1 is 0.417 bits per heavy atom. The fraction of sp³-hybridized carbons (Fsp3) is 0. The number of nitrogens with zero attached hydrogens (tertiary/aromatic N) is 2. The van der Waals surface area contributed by atoms with Crippen molar-refractivity contribution in [2.45, 2.75) is 0 Å². The lowest BCUT2D eigenvalue weighted by atomic mass is 9.92. The molecule has 0 bridgehead atoms. The topological polar surface area (TPSA) is 29.3 Å². The zero-order valence-corrected chi connectivity index (χ0v) is 26.1. The summed E-state index contributed by atoms with van der Waals surface area (Å²) in [5, 5.41) is 4.45. The normalized spacial score (nSPS) is 11.3. The Balaban J connectivity index is 1.29. The number of rotatable bonds is 6. The molecule has 48 heavy (non-hydrogen) atoms. The molecular weight excluding hydrogens is 585 g/mol. The van der Waals surface area contributed by atoms with Crippen LogP contribution in [0.25, 0.3) is 66.4 Å². The van der Waals surface area contributed by atoms with Crippen molar-refractivity contribution >= 4 is 49.7 Å². The highest BCUT2D eigenvalue weighted by Gasteiger charge is 2.19. The van der Waals surface area contributed by atoms with Gasteiger partial charge in [-0.05, 0) is 99.1 Å². The molecule has 0 fully saturated rings. The van der Waals surface area contributed by atoms with Crippen molar-refractivity contribution in [1.82, 2.24) is 4.98 Å². The summed E-state index contributed by atoms with van der Waals surface area (Å²) in [5.41, 5.74) is 10.6. The summed E-state index contributed by atoms with van der Waals surface area (Å²) in [6, 6.07) is 63.9. The first-order chi connectivity index (χ1) is 23.8. The molecule has 1 aromatic heterocycles. The van der Waals surface area contributed by atoms with Gasteiger partial charge in [0.2, 0.25) is 5.89 Å². The lowest BCUT2D eigenvalue weighted by Gasteiger charge is -2.26. The van der Waals surface area contributed by atoms with E-state index in [0.717, 1.165) is 55.3 Å². The van der Waals surface area contributed by atoms with Gasteiger partial charge in [-0.2, -0.15) is 0 Å². The molecule has 0 N–H and O–H groups in total. The van der Waals surface area contributed by atoms with Crippen molar-refractivity contribution in [1.29, 1.82) is 0 Å². The standard InChI is InChI=1S/C45H30N2O/c1-5-13-31(14-6-1)32-21-24-37(25-22-32)47(36-19-11-4-12-20-36)38-26-23-35-29-40(33-15-7-2-8-16-33)39-27-28-42-44(43(39)41(35)30-38)48-45(46-42)34-17-9-3-10-18-34/h1-30H. The predicted molar refractivity (Wildman–Crippen MR) is 200 cm³/mol. The quantitative estimate of drug-likeness (QED) is 0.175. The van der Waals surface area contributed by atoms with E-state index in [1.807, 2.05) is 30.3 Å². The average molecular weight is 615 g/mol. The maximum Gasteiger partial charge on any atom is 0.227 e. The van der Waals surface area contributed by atoms with Crippen LogP contribution in [0.1, 0.15) is 0 Å². The molecule has 9 rings (SSSR count). The van der Waals surface area contributed by atoms with Crippen LogP contribution in [0.4, 0.5) is 17.1 Å². The fourth-order valence-electron chi connectivity index (χ4n) is 6.76. The van der Waals surface area contributed by atoms with Crippen LogP contribution < -0.4 is 4.90 Å². The minimum atomic E-state index is 0.622. The van der Waals surface area contributed by atoms with Gasteiger partial charge < -0.3 is 9.32 Å². The van der Waals surface area contributed by atoms with Crippen molar-refractivity contribution < 1.29 is 4.42 Å². The lowest BCUT2D eigenvalue weighted by Crippen LogP contribution is -2.09. The third-order valence-electron chi connectivity index (χ3n) is 9.06. The Morgan fingerprint density at radius 2 is 0.979 bits per heavy atom. The molecule has 1 heterocycles. The molecule has 0 aliphatic rings. The second-order valence-electron chi connectivity index (χ2n) is 12.0. The zero-order chi connectivity index (χ0) is 31.9. The molecule has 0 amide bonds. The van der Waals surface area contributed by atoms with Crippen LogP contribution in [0.15, 0.2) is 186 Å². The van der Waals surface area contributed by atoms with Gasteiger partial charge in [0.25, 0.3) is 0 Å². The monoisotopic (exact) mass is 614 g/mol. The molecule has 226 valence electrons. The third kappa shape index (κ3) is 4.90. The molecule has 3 heteroatoms. The first-order valence-corrected chi connectivity index (χ1v) is 16.2. The lowest BCUT2D eigenvalue weighted by molar-refractivity contribution is 0.623. The van der Waals surface area contributed by atoms with Gasteiger partial charge in [-0.3, -0.25) is 0 Å². The molecule has 9 aromatic rings. The summed E-state index contributed by atoms with van der Waals surface area (Å²) < 4.78 is 6.67. The maximum atomic E-state index is 6.67. The summed E-state index contributed by atoms with van der Waals surface area (Å²) in [4.78, 5) is 7.27. The summed E-state index contributed by atoms with van der Waals surface area (Å²) >= 11 is 0. The highest BCUT2D eigenvalue weighted by Crippen LogP contribution is 2.43. The van der Waals surface area contributed by atoms with E-state index in [9.17, 15) is 0 Å². The van der Waals surface area contributed by atoms with Crippen molar-refractivity contribution in [3.05, 3.63) is 182 Å². The van der Waals surface area contributed by atoms with Gasteiger partial charge in [0.15, 0.2) is 5.58 Å². The van der Waals surface area contributed by atoms with E-state index in [1.165, 1.54) is 22.3 Å². The number of oxazole rings is 1. The van der Waals surface area contributed by atoms with E-state index in [0.29, 0.717) is 5.89 Å². The number of fused-ring (bicyclic) bond motifs is 5. The van der Waals surface area contributed by atoms with Crippen LogP contribution >= 0.6 is 0 Å². The highest BCUT2D eigenvalue weighted by molar-refractivity contribution is 6.22. The maximum absolute atomic E-state index is 6.67. The molecule has 3 nitrogen and oxygen atoms in total.